The zero-order valence-corrected chi connectivity index (χ0v) is 9.00. The Balaban J connectivity index is 1.95. The van der Waals surface area contributed by atoms with Crippen LogP contribution in [0.25, 0.3) is 0 Å². The molecule has 0 amide bonds. The highest BCUT2D eigenvalue weighted by Gasteiger charge is 2.33. The average Bonchev–Trinajstić information content (AvgIpc) is 2.23. The quantitative estimate of drug-likeness (QED) is 0.643. The first kappa shape index (κ1) is 10.2. The van der Waals surface area contributed by atoms with Gasteiger partial charge in [-0.25, -0.2) is 0 Å². The van der Waals surface area contributed by atoms with Crippen molar-refractivity contribution >= 4 is 5.78 Å². The summed E-state index contributed by atoms with van der Waals surface area (Å²) >= 11 is 0. The lowest BCUT2D eigenvalue weighted by Gasteiger charge is -2.36. The number of hydrogen-bond donors (Lipinski definition) is 0. The minimum Gasteiger partial charge on any atom is -0.381 e. The standard InChI is InChI=1S/C12H20O2/c1-9-2-3-11(13)8-12(9)10-4-6-14-7-5-10/h9-10,12H,2-8H2,1H3. The van der Waals surface area contributed by atoms with Crippen LogP contribution < -0.4 is 0 Å². The molecule has 0 N–H and O–H groups in total. The molecule has 2 heteroatoms. The SMILES string of the molecule is CC1CCC(=O)CC1C1CCOCC1. The molecule has 1 aliphatic carbocycles. The van der Waals surface area contributed by atoms with E-state index in [-0.39, 0.29) is 0 Å². The third-order valence-electron chi connectivity index (χ3n) is 3.94. The van der Waals surface area contributed by atoms with Gasteiger partial charge in [-0.15, -0.1) is 0 Å². The van der Waals surface area contributed by atoms with Crippen LogP contribution >= 0.6 is 0 Å². The molecule has 0 aromatic carbocycles. The second-order valence-corrected chi connectivity index (χ2v) is 4.87. The summed E-state index contributed by atoms with van der Waals surface area (Å²) in [5, 5.41) is 0. The first-order chi connectivity index (χ1) is 6.77. The van der Waals surface area contributed by atoms with E-state index in [1.807, 2.05) is 0 Å². The summed E-state index contributed by atoms with van der Waals surface area (Å²) in [6.07, 6.45) is 5.11. The van der Waals surface area contributed by atoms with Gasteiger partial charge in [-0.3, -0.25) is 4.79 Å². The monoisotopic (exact) mass is 196 g/mol. The molecule has 2 unspecified atom stereocenters. The summed E-state index contributed by atoms with van der Waals surface area (Å²) in [5.41, 5.74) is 0. The van der Waals surface area contributed by atoms with Crippen molar-refractivity contribution in [2.24, 2.45) is 17.8 Å². The van der Waals surface area contributed by atoms with Crippen LogP contribution in [0.3, 0.4) is 0 Å². The minimum absolute atomic E-state index is 0.486. The molecule has 2 fully saturated rings. The number of hydrogen-bond acceptors (Lipinski definition) is 2. The van der Waals surface area contributed by atoms with E-state index < -0.39 is 0 Å². The smallest absolute Gasteiger partial charge is 0.133 e. The third kappa shape index (κ3) is 2.17. The first-order valence-corrected chi connectivity index (χ1v) is 5.87. The number of rotatable bonds is 1. The average molecular weight is 196 g/mol. The van der Waals surface area contributed by atoms with Gasteiger partial charge in [0.2, 0.25) is 0 Å². The van der Waals surface area contributed by atoms with Crippen molar-refractivity contribution in [3.8, 4) is 0 Å². The zero-order chi connectivity index (χ0) is 9.97. The fourth-order valence-corrected chi connectivity index (χ4v) is 2.94. The molecule has 1 aliphatic heterocycles. The number of carbonyl (C=O) groups is 1. The Morgan fingerprint density at radius 3 is 2.64 bits per heavy atom. The van der Waals surface area contributed by atoms with Gasteiger partial charge >= 0.3 is 0 Å². The fraction of sp³-hybridized carbons (Fsp3) is 0.917. The van der Waals surface area contributed by atoms with Crippen LogP contribution in [0.2, 0.25) is 0 Å². The fourth-order valence-electron chi connectivity index (χ4n) is 2.94. The second kappa shape index (κ2) is 4.43. The number of Topliss-reactive ketones (excluding diaryl/α,β-unsaturated/α-hetero) is 1. The summed E-state index contributed by atoms with van der Waals surface area (Å²) in [6, 6.07) is 0. The van der Waals surface area contributed by atoms with Gasteiger partial charge in [-0.1, -0.05) is 6.92 Å². The van der Waals surface area contributed by atoms with Crippen molar-refractivity contribution in [1.82, 2.24) is 0 Å². The Morgan fingerprint density at radius 1 is 1.21 bits per heavy atom. The molecule has 0 aromatic rings. The molecule has 1 saturated heterocycles. The number of ether oxygens (including phenoxy) is 1. The third-order valence-corrected chi connectivity index (χ3v) is 3.94. The second-order valence-electron chi connectivity index (χ2n) is 4.87. The van der Waals surface area contributed by atoms with Gasteiger partial charge in [0, 0.05) is 26.1 Å². The predicted molar refractivity (Wildman–Crippen MR) is 55.1 cm³/mol. The first-order valence-electron chi connectivity index (χ1n) is 5.87. The van der Waals surface area contributed by atoms with Crippen LogP contribution in [0.15, 0.2) is 0 Å². The topological polar surface area (TPSA) is 26.3 Å². The van der Waals surface area contributed by atoms with Gasteiger partial charge in [0.1, 0.15) is 5.78 Å². The van der Waals surface area contributed by atoms with Crippen LogP contribution in [-0.4, -0.2) is 19.0 Å². The largest absolute Gasteiger partial charge is 0.381 e. The van der Waals surface area contributed by atoms with Gasteiger partial charge in [-0.2, -0.15) is 0 Å². The molecule has 0 radical (unpaired) electrons. The maximum atomic E-state index is 11.4. The molecule has 0 bridgehead atoms. The highest BCUT2D eigenvalue weighted by atomic mass is 16.5. The van der Waals surface area contributed by atoms with Gasteiger partial charge in [-0.05, 0) is 37.0 Å². The Hall–Kier alpha value is -0.370. The van der Waals surface area contributed by atoms with Gasteiger partial charge in [0.15, 0.2) is 0 Å². The van der Waals surface area contributed by atoms with E-state index in [4.69, 9.17) is 4.74 Å². The van der Waals surface area contributed by atoms with Crippen LogP contribution in [0.4, 0.5) is 0 Å². The molecule has 0 spiro atoms. The van der Waals surface area contributed by atoms with Crippen molar-refractivity contribution in [3.63, 3.8) is 0 Å². The van der Waals surface area contributed by atoms with E-state index >= 15 is 0 Å². The molecule has 1 saturated carbocycles. The molecule has 2 nitrogen and oxygen atoms in total. The van der Waals surface area contributed by atoms with E-state index in [1.165, 1.54) is 12.8 Å². The van der Waals surface area contributed by atoms with Crippen LogP contribution in [0.5, 0.6) is 0 Å². The predicted octanol–water partition coefficient (Wildman–Crippen LogP) is 2.42. The van der Waals surface area contributed by atoms with E-state index in [9.17, 15) is 4.79 Å². The number of ketones is 1. The Morgan fingerprint density at radius 2 is 1.93 bits per heavy atom. The Kier molecular flexibility index (Phi) is 3.22. The molecule has 2 aliphatic rings. The highest BCUT2D eigenvalue weighted by molar-refractivity contribution is 5.79. The van der Waals surface area contributed by atoms with Gasteiger partial charge < -0.3 is 4.74 Å². The zero-order valence-electron chi connectivity index (χ0n) is 9.00. The lowest BCUT2D eigenvalue weighted by Crippen LogP contribution is -2.32. The van der Waals surface area contributed by atoms with Crippen molar-refractivity contribution in [2.75, 3.05) is 13.2 Å². The van der Waals surface area contributed by atoms with E-state index in [2.05, 4.69) is 6.92 Å². The molecule has 2 atom stereocenters. The molecule has 14 heavy (non-hydrogen) atoms. The maximum absolute atomic E-state index is 11.4. The summed E-state index contributed by atoms with van der Waals surface area (Å²) in [5.74, 6) is 2.64. The lowest BCUT2D eigenvalue weighted by atomic mass is 9.70. The van der Waals surface area contributed by atoms with E-state index in [0.29, 0.717) is 11.7 Å². The van der Waals surface area contributed by atoms with Crippen LogP contribution in [0, 0.1) is 17.8 Å². The van der Waals surface area contributed by atoms with E-state index in [0.717, 1.165) is 44.3 Å². The van der Waals surface area contributed by atoms with Gasteiger partial charge in [0.25, 0.3) is 0 Å². The summed E-state index contributed by atoms with van der Waals surface area (Å²) < 4.78 is 5.37. The molecule has 80 valence electrons. The summed E-state index contributed by atoms with van der Waals surface area (Å²) in [4.78, 5) is 11.4. The normalized spacial score (nSPS) is 35.9. The van der Waals surface area contributed by atoms with Crippen molar-refractivity contribution in [3.05, 3.63) is 0 Å². The summed E-state index contributed by atoms with van der Waals surface area (Å²) in [7, 11) is 0. The Labute approximate surface area is 86.0 Å². The number of carbonyl (C=O) groups excluding carboxylic acids is 1. The van der Waals surface area contributed by atoms with Crippen molar-refractivity contribution < 1.29 is 9.53 Å². The van der Waals surface area contributed by atoms with Crippen LogP contribution in [0.1, 0.15) is 39.0 Å². The Bertz CT molecular complexity index is 206. The molecule has 0 aromatic heterocycles. The summed E-state index contributed by atoms with van der Waals surface area (Å²) in [6.45, 7) is 4.12. The van der Waals surface area contributed by atoms with Crippen LogP contribution in [-0.2, 0) is 9.53 Å². The molecular weight excluding hydrogens is 176 g/mol. The van der Waals surface area contributed by atoms with Gasteiger partial charge in [0.05, 0.1) is 0 Å². The van der Waals surface area contributed by atoms with E-state index in [1.54, 1.807) is 0 Å². The van der Waals surface area contributed by atoms with Crippen molar-refractivity contribution in [2.45, 2.75) is 39.0 Å². The minimum atomic E-state index is 0.486. The highest BCUT2D eigenvalue weighted by Crippen LogP contribution is 2.37. The molecule has 2 rings (SSSR count). The van der Waals surface area contributed by atoms with Crippen molar-refractivity contribution in [1.29, 1.82) is 0 Å². The lowest BCUT2D eigenvalue weighted by molar-refractivity contribution is -0.124. The maximum Gasteiger partial charge on any atom is 0.133 e. The molecular formula is C12H20O2. The molecule has 1 heterocycles.